The third-order valence-corrected chi connectivity index (χ3v) is 4.11. The molecule has 0 aliphatic heterocycles. The summed E-state index contributed by atoms with van der Waals surface area (Å²) >= 11 is 5.80. The average Bonchev–Trinajstić information content (AvgIpc) is 3.26. The fraction of sp³-hybridized carbons (Fsp3) is 0.111. The first kappa shape index (κ1) is 16.3. The van der Waals surface area contributed by atoms with Crippen molar-refractivity contribution in [3.8, 4) is 11.3 Å². The minimum Gasteiger partial charge on any atom is -0.464 e. The molecule has 0 unspecified atom stereocenters. The number of anilines is 1. The third-order valence-electron chi connectivity index (χ3n) is 3.88. The first-order valence-electron chi connectivity index (χ1n) is 7.89. The molecule has 26 heavy (non-hydrogen) atoms. The number of nitrogens with one attached hydrogen (secondary N) is 1. The van der Waals surface area contributed by atoms with Gasteiger partial charge in [-0.15, -0.1) is 0 Å². The Morgan fingerprint density at radius 1 is 1.27 bits per heavy atom. The fourth-order valence-electron chi connectivity index (χ4n) is 2.80. The number of pyridine rings is 2. The van der Waals surface area contributed by atoms with Crippen LogP contribution in [0.3, 0.4) is 0 Å². The van der Waals surface area contributed by atoms with E-state index in [-0.39, 0.29) is 12.5 Å². The zero-order chi connectivity index (χ0) is 18.1. The average molecular weight is 368 g/mol. The SMILES string of the molecule is Cc1nn(CC(=O)Nc2ccc(Cl)cn2)c2nccc(-c3ccco3)c12. The Balaban J connectivity index is 1.64. The van der Waals surface area contributed by atoms with Crippen LogP contribution in [0.1, 0.15) is 5.69 Å². The molecular formula is C18H14ClN5O2. The summed E-state index contributed by atoms with van der Waals surface area (Å²) in [6.07, 6.45) is 4.77. The normalized spacial score (nSPS) is 11.0. The Hall–Kier alpha value is -3.19. The second kappa shape index (κ2) is 6.61. The molecule has 1 N–H and O–H groups in total. The highest BCUT2D eigenvalue weighted by molar-refractivity contribution is 6.30. The predicted molar refractivity (Wildman–Crippen MR) is 97.8 cm³/mol. The van der Waals surface area contributed by atoms with Gasteiger partial charge in [-0.05, 0) is 37.3 Å². The van der Waals surface area contributed by atoms with Crippen LogP contribution in [-0.2, 0) is 11.3 Å². The number of hydrogen-bond acceptors (Lipinski definition) is 5. The lowest BCUT2D eigenvalue weighted by molar-refractivity contribution is -0.116. The van der Waals surface area contributed by atoms with E-state index in [0.29, 0.717) is 16.5 Å². The lowest BCUT2D eigenvalue weighted by Gasteiger charge is -2.05. The minimum absolute atomic E-state index is 0.0171. The zero-order valence-corrected chi connectivity index (χ0v) is 14.6. The van der Waals surface area contributed by atoms with Gasteiger partial charge in [-0.3, -0.25) is 4.79 Å². The van der Waals surface area contributed by atoms with Crippen molar-refractivity contribution in [3.63, 3.8) is 0 Å². The summed E-state index contributed by atoms with van der Waals surface area (Å²) in [5.41, 5.74) is 2.29. The van der Waals surface area contributed by atoms with E-state index in [2.05, 4.69) is 20.4 Å². The zero-order valence-electron chi connectivity index (χ0n) is 13.8. The topological polar surface area (TPSA) is 85.8 Å². The van der Waals surface area contributed by atoms with Crippen molar-refractivity contribution in [2.45, 2.75) is 13.5 Å². The number of hydrogen-bond donors (Lipinski definition) is 1. The van der Waals surface area contributed by atoms with Gasteiger partial charge >= 0.3 is 0 Å². The maximum absolute atomic E-state index is 12.3. The summed E-state index contributed by atoms with van der Waals surface area (Å²) in [6.45, 7) is 1.90. The number of rotatable bonds is 4. The van der Waals surface area contributed by atoms with Gasteiger partial charge in [0.15, 0.2) is 5.65 Å². The second-order valence-corrected chi connectivity index (χ2v) is 6.12. The Kier molecular flexibility index (Phi) is 4.14. The van der Waals surface area contributed by atoms with Gasteiger partial charge in [0.1, 0.15) is 18.1 Å². The van der Waals surface area contributed by atoms with Crippen LogP contribution in [0.25, 0.3) is 22.4 Å². The van der Waals surface area contributed by atoms with Crippen LogP contribution in [0.2, 0.25) is 5.02 Å². The molecule has 0 aliphatic carbocycles. The second-order valence-electron chi connectivity index (χ2n) is 5.69. The van der Waals surface area contributed by atoms with Crippen molar-refractivity contribution in [2.24, 2.45) is 0 Å². The molecule has 0 spiro atoms. The summed E-state index contributed by atoms with van der Waals surface area (Å²) in [5.74, 6) is 0.904. The number of amides is 1. The number of halogens is 1. The highest BCUT2D eigenvalue weighted by atomic mass is 35.5. The number of carbonyl (C=O) groups excluding carboxylic acids is 1. The lowest BCUT2D eigenvalue weighted by atomic mass is 10.1. The predicted octanol–water partition coefficient (Wildman–Crippen LogP) is 3.69. The summed E-state index contributed by atoms with van der Waals surface area (Å²) in [4.78, 5) is 20.8. The van der Waals surface area contributed by atoms with E-state index < -0.39 is 0 Å². The van der Waals surface area contributed by atoms with Gasteiger partial charge in [-0.25, -0.2) is 14.6 Å². The van der Waals surface area contributed by atoms with Crippen molar-refractivity contribution in [1.82, 2.24) is 19.7 Å². The molecule has 0 saturated carbocycles. The van der Waals surface area contributed by atoms with Crippen LogP contribution in [0, 0.1) is 6.92 Å². The van der Waals surface area contributed by atoms with Crippen molar-refractivity contribution in [2.75, 3.05) is 5.32 Å². The molecule has 130 valence electrons. The Bertz CT molecular complexity index is 1070. The fourth-order valence-corrected chi connectivity index (χ4v) is 2.91. The van der Waals surface area contributed by atoms with E-state index in [1.54, 1.807) is 29.3 Å². The minimum atomic E-state index is -0.255. The molecule has 4 rings (SSSR count). The number of fused-ring (bicyclic) bond motifs is 1. The van der Waals surface area contributed by atoms with Gasteiger partial charge in [-0.1, -0.05) is 11.6 Å². The standard InChI is InChI=1S/C18H14ClN5O2/c1-11-17-13(14-3-2-8-26-14)6-7-20-18(17)24(23-11)10-16(25)22-15-5-4-12(19)9-21-15/h2-9H,10H2,1H3,(H,21,22,25). The molecule has 8 heteroatoms. The van der Waals surface area contributed by atoms with E-state index in [4.69, 9.17) is 16.0 Å². The maximum Gasteiger partial charge on any atom is 0.247 e. The molecule has 0 atom stereocenters. The molecule has 0 saturated heterocycles. The first-order valence-corrected chi connectivity index (χ1v) is 8.27. The van der Waals surface area contributed by atoms with Gasteiger partial charge in [0, 0.05) is 18.0 Å². The maximum atomic E-state index is 12.3. The van der Waals surface area contributed by atoms with Gasteiger partial charge in [-0.2, -0.15) is 5.10 Å². The Morgan fingerprint density at radius 3 is 2.88 bits per heavy atom. The quantitative estimate of drug-likeness (QED) is 0.594. The summed E-state index contributed by atoms with van der Waals surface area (Å²) in [5, 5.41) is 8.55. The summed E-state index contributed by atoms with van der Waals surface area (Å²) in [6, 6.07) is 8.88. The Morgan fingerprint density at radius 2 is 2.15 bits per heavy atom. The molecule has 0 fully saturated rings. The lowest BCUT2D eigenvalue weighted by Crippen LogP contribution is -2.20. The van der Waals surface area contributed by atoms with Gasteiger partial charge < -0.3 is 9.73 Å². The van der Waals surface area contributed by atoms with Gasteiger partial charge in [0.05, 0.1) is 22.4 Å². The number of carbonyl (C=O) groups is 1. The van der Waals surface area contributed by atoms with Crippen molar-refractivity contribution < 1.29 is 9.21 Å². The Labute approximate surface area is 153 Å². The van der Waals surface area contributed by atoms with Crippen LogP contribution >= 0.6 is 11.6 Å². The molecule has 4 heterocycles. The van der Waals surface area contributed by atoms with Crippen LogP contribution in [0.4, 0.5) is 5.82 Å². The molecular weight excluding hydrogens is 354 g/mol. The van der Waals surface area contributed by atoms with E-state index in [1.165, 1.54) is 6.20 Å². The molecule has 0 bridgehead atoms. The summed E-state index contributed by atoms with van der Waals surface area (Å²) < 4.78 is 7.07. The van der Waals surface area contributed by atoms with Crippen molar-refractivity contribution in [1.29, 1.82) is 0 Å². The van der Waals surface area contributed by atoms with Crippen LogP contribution in [0.5, 0.6) is 0 Å². The van der Waals surface area contributed by atoms with Crippen molar-refractivity contribution in [3.05, 3.63) is 59.7 Å². The molecule has 4 aromatic rings. The van der Waals surface area contributed by atoms with Gasteiger partial charge in [0.25, 0.3) is 0 Å². The van der Waals surface area contributed by atoms with Crippen LogP contribution in [0.15, 0.2) is 53.4 Å². The van der Waals surface area contributed by atoms with Crippen molar-refractivity contribution >= 4 is 34.4 Å². The van der Waals surface area contributed by atoms with Crippen LogP contribution in [-0.4, -0.2) is 25.7 Å². The van der Waals surface area contributed by atoms with E-state index in [1.807, 2.05) is 25.1 Å². The molecule has 1 amide bonds. The van der Waals surface area contributed by atoms with Gasteiger partial charge in [0.2, 0.25) is 5.91 Å². The molecule has 4 aromatic heterocycles. The molecule has 0 aromatic carbocycles. The largest absolute Gasteiger partial charge is 0.464 e. The highest BCUT2D eigenvalue weighted by Gasteiger charge is 2.17. The highest BCUT2D eigenvalue weighted by Crippen LogP contribution is 2.29. The number of aryl methyl sites for hydroxylation is 1. The third kappa shape index (κ3) is 3.04. The monoisotopic (exact) mass is 367 g/mol. The van der Waals surface area contributed by atoms with Crippen LogP contribution < -0.4 is 5.32 Å². The number of furan rings is 1. The number of aromatic nitrogens is 4. The smallest absolute Gasteiger partial charge is 0.247 e. The molecule has 0 radical (unpaired) electrons. The first-order chi connectivity index (χ1) is 12.6. The number of nitrogens with zero attached hydrogens (tertiary/aromatic N) is 4. The molecule has 7 nitrogen and oxygen atoms in total. The summed E-state index contributed by atoms with van der Waals surface area (Å²) in [7, 11) is 0. The van der Waals surface area contributed by atoms with E-state index in [9.17, 15) is 4.79 Å². The van der Waals surface area contributed by atoms with E-state index in [0.717, 1.165) is 22.4 Å². The van der Waals surface area contributed by atoms with E-state index >= 15 is 0 Å². The molecule has 0 aliphatic rings.